The summed E-state index contributed by atoms with van der Waals surface area (Å²) in [6, 6.07) is -0.135. The summed E-state index contributed by atoms with van der Waals surface area (Å²) in [4.78, 5) is 10.5. The SMILES string of the molecule is C1=CC2=CC=C1C2.C=CC(=O)OC(C)C(C)N.Cl. The molecule has 0 fully saturated rings. The van der Waals surface area contributed by atoms with Crippen LogP contribution in [0.1, 0.15) is 20.3 Å². The minimum Gasteiger partial charge on any atom is -0.458 e. The van der Waals surface area contributed by atoms with Gasteiger partial charge in [0.15, 0.2) is 0 Å². The molecule has 18 heavy (non-hydrogen) atoms. The highest BCUT2D eigenvalue weighted by atomic mass is 35.5. The molecule has 0 radical (unpaired) electrons. The Morgan fingerprint density at radius 2 is 1.89 bits per heavy atom. The van der Waals surface area contributed by atoms with Crippen molar-refractivity contribution in [2.45, 2.75) is 32.4 Å². The Bertz CT molecular complexity index is 375. The Labute approximate surface area is 114 Å². The van der Waals surface area contributed by atoms with Gasteiger partial charge in [0.1, 0.15) is 6.10 Å². The number of nitrogens with two attached hydrogens (primary N) is 1. The smallest absolute Gasteiger partial charge is 0.330 e. The normalized spacial score (nSPS) is 17.5. The van der Waals surface area contributed by atoms with Gasteiger partial charge in [0.25, 0.3) is 0 Å². The van der Waals surface area contributed by atoms with E-state index in [-0.39, 0.29) is 24.6 Å². The first-order valence-electron chi connectivity index (χ1n) is 5.69. The maximum atomic E-state index is 10.5. The fourth-order valence-electron chi connectivity index (χ4n) is 1.35. The molecule has 3 nitrogen and oxygen atoms in total. The summed E-state index contributed by atoms with van der Waals surface area (Å²) in [6.07, 6.45) is 10.8. The summed E-state index contributed by atoms with van der Waals surface area (Å²) in [6.45, 7) is 6.78. The molecule has 2 bridgehead atoms. The molecule has 0 spiro atoms. The van der Waals surface area contributed by atoms with E-state index in [0.29, 0.717) is 0 Å². The van der Waals surface area contributed by atoms with Crippen LogP contribution in [-0.2, 0) is 9.53 Å². The van der Waals surface area contributed by atoms with Gasteiger partial charge in [-0.15, -0.1) is 12.4 Å². The van der Waals surface area contributed by atoms with Gasteiger partial charge in [-0.05, 0) is 31.4 Å². The van der Waals surface area contributed by atoms with Crippen molar-refractivity contribution in [1.82, 2.24) is 0 Å². The topological polar surface area (TPSA) is 52.3 Å². The minimum absolute atomic E-state index is 0. The molecule has 0 saturated heterocycles. The molecule has 2 atom stereocenters. The van der Waals surface area contributed by atoms with Gasteiger partial charge < -0.3 is 10.5 Å². The molecule has 2 aliphatic rings. The lowest BCUT2D eigenvalue weighted by molar-refractivity contribution is -0.142. The van der Waals surface area contributed by atoms with Crippen LogP contribution < -0.4 is 5.73 Å². The monoisotopic (exact) mass is 269 g/mol. The van der Waals surface area contributed by atoms with E-state index in [9.17, 15) is 4.79 Å². The molecule has 0 aliphatic heterocycles. The van der Waals surface area contributed by atoms with Crippen LogP contribution in [0.3, 0.4) is 0 Å². The Morgan fingerprint density at radius 3 is 2.11 bits per heavy atom. The zero-order chi connectivity index (χ0) is 12.8. The fourth-order valence-corrected chi connectivity index (χ4v) is 1.35. The van der Waals surface area contributed by atoms with E-state index < -0.39 is 5.97 Å². The van der Waals surface area contributed by atoms with Crippen LogP contribution >= 0.6 is 12.4 Å². The second-order valence-corrected chi connectivity index (χ2v) is 4.20. The van der Waals surface area contributed by atoms with E-state index in [1.807, 2.05) is 0 Å². The van der Waals surface area contributed by atoms with Crippen molar-refractivity contribution < 1.29 is 9.53 Å². The third-order valence-electron chi connectivity index (χ3n) is 2.64. The number of esters is 1. The molecule has 2 unspecified atom stereocenters. The Morgan fingerprint density at radius 1 is 1.39 bits per heavy atom. The molecule has 0 amide bonds. The standard InChI is InChI=1S/C7H13NO2.C7H6.ClH/c1-4-7(9)10-6(3)5(2)8;1-2-7-4-3-6(1)5-7;/h4-6H,1,8H2,2-3H3;1-4H,5H2;1H. The van der Waals surface area contributed by atoms with Gasteiger partial charge in [0, 0.05) is 12.1 Å². The van der Waals surface area contributed by atoms with Gasteiger partial charge in [0.2, 0.25) is 0 Å². The molecule has 2 rings (SSSR count). The summed E-state index contributed by atoms with van der Waals surface area (Å²) in [5.74, 6) is -0.426. The number of carbonyl (C=O) groups is 1. The highest BCUT2D eigenvalue weighted by Gasteiger charge is 2.10. The first-order chi connectivity index (χ1) is 8.02. The Hall–Kier alpha value is -1.32. The molecule has 4 heteroatoms. The zero-order valence-corrected chi connectivity index (χ0v) is 11.6. The van der Waals surface area contributed by atoms with Crippen molar-refractivity contribution in [3.63, 3.8) is 0 Å². The molecule has 100 valence electrons. The Balaban J connectivity index is 0.000000315. The summed E-state index contributed by atoms with van der Waals surface area (Å²) in [7, 11) is 0. The van der Waals surface area contributed by atoms with Gasteiger partial charge in [0.05, 0.1) is 0 Å². The third kappa shape index (κ3) is 5.34. The van der Waals surface area contributed by atoms with E-state index in [4.69, 9.17) is 10.5 Å². The van der Waals surface area contributed by atoms with E-state index >= 15 is 0 Å². The molecule has 2 N–H and O–H groups in total. The van der Waals surface area contributed by atoms with Crippen LogP contribution in [-0.4, -0.2) is 18.1 Å². The van der Waals surface area contributed by atoms with Crippen LogP contribution in [0.2, 0.25) is 0 Å². The molecule has 0 aromatic rings. The first kappa shape index (κ1) is 16.7. The summed E-state index contributed by atoms with van der Waals surface area (Å²) >= 11 is 0. The van der Waals surface area contributed by atoms with Crippen LogP contribution in [0.15, 0.2) is 48.1 Å². The van der Waals surface area contributed by atoms with E-state index in [2.05, 4.69) is 30.9 Å². The number of allylic oxidation sites excluding steroid dienone is 6. The number of rotatable bonds is 3. The van der Waals surface area contributed by atoms with Crippen molar-refractivity contribution in [1.29, 1.82) is 0 Å². The maximum Gasteiger partial charge on any atom is 0.330 e. The molecule has 0 aromatic heterocycles. The molecule has 2 aliphatic carbocycles. The zero-order valence-electron chi connectivity index (χ0n) is 10.8. The molecule has 0 aromatic carbocycles. The van der Waals surface area contributed by atoms with Gasteiger partial charge in [-0.2, -0.15) is 0 Å². The van der Waals surface area contributed by atoms with Crippen molar-refractivity contribution in [2.75, 3.05) is 0 Å². The van der Waals surface area contributed by atoms with Crippen molar-refractivity contribution in [3.8, 4) is 0 Å². The lowest BCUT2D eigenvalue weighted by Gasteiger charge is -2.14. The van der Waals surface area contributed by atoms with E-state index in [1.54, 1.807) is 13.8 Å². The predicted octanol–water partition coefficient (Wildman–Crippen LogP) is 2.69. The van der Waals surface area contributed by atoms with Gasteiger partial charge in [-0.1, -0.05) is 30.9 Å². The van der Waals surface area contributed by atoms with Gasteiger partial charge in [-0.25, -0.2) is 4.79 Å². The fraction of sp³-hybridized carbons (Fsp3) is 0.357. The lowest BCUT2D eigenvalue weighted by Crippen LogP contribution is -2.32. The van der Waals surface area contributed by atoms with E-state index in [0.717, 1.165) is 6.08 Å². The largest absolute Gasteiger partial charge is 0.458 e. The molecular formula is C14H20ClNO2. The second-order valence-electron chi connectivity index (χ2n) is 4.20. The number of hydrogen-bond donors (Lipinski definition) is 1. The molecular weight excluding hydrogens is 250 g/mol. The number of carbonyl (C=O) groups excluding carboxylic acids is 1. The first-order valence-corrected chi connectivity index (χ1v) is 5.69. The van der Waals surface area contributed by atoms with Crippen LogP contribution in [0, 0.1) is 0 Å². The van der Waals surface area contributed by atoms with Crippen LogP contribution in [0.4, 0.5) is 0 Å². The summed E-state index contributed by atoms with van der Waals surface area (Å²) in [5, 5.41) is 0. The van der Waals surface area contributed by atoms with Crippen molar-refractivity contribution in [2.24, 2.45) is 5.73 Å². The van der Waals surface area contributed by atoms with E-state index in [1.165, 1.54) is 17.6 Å². The number of hydrogen-bond acceptors (Lipinski definition) is 3. The van der Waals surface area contributed by atoms with Gasteiger partial charge >= 0.3 is 5.97 Å². The molecule has 0 heterocycles. The Kier molecular flexibility index (Phi) is 7.32. The number of fused-ring (bicyclic) bond motifs is 2. The van der Waals surface area contributed by atoms with Crippen LogP contribution in [0.25, 0.3) is 0 Å². The maximum absolute atomic E-state index is 10.5. The molecule has 0 saturated carbocycles. The van der Waals surface area contributed by atoms with Crippen molar-refractivity contribution >= 4 is 18.4 Å². The third-order valence-corrected chi connectivity index (χ3v) is 2.64. The lowest BCUT2D eigenvalue weighted by atomic mass is 10.2. The quantitative estimate of drug-likeness (QED) is 0.633. The second kappa shape index (κ2) is 7.90. The van der Waals surface area contributed by atoms with Crippen molar-refractivity contribution in [3.05, 3.63) is 48.1 Å². The highest BCUT2D eigenvalue weighted by Crippen LogP contribution is 2.27. The minimum atomic E-state index is -0.426. The average Bonchev–Trinajstić information content (AvgIpc) is 2.93. The number of ether oxygens (including phenoxy) is 1. The summed E-state index contributed by atoms with van der Waals surface area (Å²) in [5.41, 5.74) is 8.36. The number of halogens is 1. The predicted molar refractivity (Wildman–Crippen MR) is 76.6 cm³/mol. The highest BCUT2D eigenvalue weighted by molar-refractivity contribution is 5.85. The van der Waals surface area contributed by atoms with Gasteiger partial charge in [-0.3, -0.25) is 0 Å². The van der Waals surface area contributed by atoms with Crippen LogP contribution in [0.5, 0.6) is 0 Å². The summed E-state index contributed by atoms with van der Waals surface area (Å²) < 4.78 is 4.78. The average molecular weight is 270 g/mol.